The van der Waals surface area contributed by atoms with E-state index in [0.717, 1.165) is 11.3 Å². The summed E-state index contributed by atoms with van der Waals surface area (Å²) in [6.07, 6.45) is 0. The molecule has 0 radical (unpaired) electrons. The number of carbonyl (C=O) groups is 1. The van der Waals surface area contributed by atoms with Gasteiger partial charge in [-0.3, -0.25) is 14.5 Å². The molecular weight excluding hydrogens is 354 g/mol. The summed E-state index contributed by atoms with van der Waals surface area (Å²) in [7, 11) is -3.59. The minimum atomic E-state index is -3.59. The van der Waals surface area contributed by atoms with Gasteiger partial charge in [-0.2, -0.15) is 0 Å². The largest absolute Gasteiger partial charge is 0.492 e. The van der Waals surface area contributed by atoms with E-state index < -0.39 is 10.0 Å². The van der Waals surface area contributed by atoms with Crippen LogP contribution >= 0.6 is 0 Å². The number of sulfonamides is 1. The zero-order chi connectivity index (χ0) is 18.6. The third kappa shape index (κ3) is 4.20. The van der Waals surface area contributed by atoms with E-state index in [2.05, 4.69) is 15.0 Å². The maximum absolute atomic E-state index is 12.0. The third-order valence-electron chi connectivity index (χ3n) is 3.73. The Morgan fingerprint density at radius 3 is 2.81 bits per heavy atom. The highest BCUT2D eigenvalue weighted by Gasteiger charge is 2.30. The number of rotatable bonds is 6. The van der Waals surface area contributed by atoms with Gasteiger partial charge in [-0.25, -0.2) is 8.42 Å². The van der Waals surface area contributed by atoms with E-state index >= 15 is 0 Å². The maximum atomic E-state index is 12.0. The van der Waals surface area contributed by atoms with Crippen LogP contribution in [0.4, 0.5) is 0 Å². The van der Waals surface area contributed by atoms with E-state index in [1.54, 1.807) is 18.2 Å². The second-order valence-corrected chi connectivity index (χ2v) is 7.43. The molecule has 1 heterocycles. The van der Waals surface area contributed by atoms with Crippen molar-refractivity contribution in [2.24, 2.45) is 4.99 Å². The number of amidine groups is 1. The zero-order valence-corrected chi connectivity index (χ0v) is 15.0. The predicted octanol–water partition coefficient (Wildman–Crippen LogP) is 1.23. The van der Waals surface area contributed by atoms with E-state index in [1.165, 1.54) is 6.07 Å². The topological polar surface area (TPSA) is 96.9 Å². The monoisotopic (exact) mass is 373 g/mol. The van der Waals surface area contributed by atoms with Gasteiger partial charge in [-0.15, -0.1) is 0 Å². The molecule has 8 heteroatoms. The van der Waals surface area contributed by atoms with Crippen molar-refractivity contribution in [1.29, 1.82) is 0 Å². The van der Waals surface area contributed by atoms with Crippen LogP contribution in [-0.4, -0.2) is 39.9 Å². The number of carbonyl (C=O) groups excluding carboxylic acids is 1. The summed E-state index contributed by atoms with van der Waals surface area (Å²) in [6, 6.07) is 14.2. The first kappa shape index (κ1) is 17.9. The third-order valence-corrected chi connectivity index (χ3v) is 5.12. The maximum Gasteiger partial charge on any atom is 0.263 e. The van der Waals surface area contributed by atoms with Crippen molar-refractivity contribution in [2.45, 2.75) is 11.8 Å². The van der Waals surface area contributed by atoms with Crippen LogP contribution < -0.4 is 14.8 Å². The summed E-state index contributed by atoms with van der Waals surface area (Å²) < 4.78 is 31.8. The van der Waals surface area contributed by atoms with Gasteiger partial charge in [-0.05, 0) is 36.8 Å². The molecule has 1 aliphatic rings. The molecule has 0 saturated carbocycles. The molecule has 2 N–H and O–H groups in total. The summed E-state index contributed by atoms with van der Waals surface area (Å²) in [4.78, 5) is 16.1. The molecule has 0 aliphatic carbocycles. The molecule has 3 rings (SSSR count). The zero-order valence-electron chi connectivity index (χ0n) is 14.2. The van der Waals surface area contributed by atoms with E-state index in [-0.39, 0.29) is 23.2 Å². The Bertz CT molecular complexity index is 954. The van der Waals surface area contributed by atoms with Gasteiger partial charge >= 0.3 is 0 Å². The first-order chi connectivity index (χ1) is 12.5. The van der Waals surface area contributed by atoms with Crippen LogP contribution in [0.1, 0.15) is 11.1 Å². The Labute approximate surface area is 152 Å². The lowest BCUT2D eigenvalue weighted by Gasteiger charge is -2.07. The Hall–Kier alpha value is -2.87. The molecule has 0 spiro atoms. The number of fused-ring (bicyclic) bond motifs is 1. The number of hydrogen-bond donors (Lipinski definition) is 2. The van der Waals surface area contributed by atoms with Crippen molar-refractivity contribution in [3.63, 3.8) is 0 Å². The van der Waals surface area contributed by atoms with Crippen molar-refractivity contribution in [2.75, 3.05) is 19.7 Å². The minimum Gasteiger partial charge on any atom is -0.492 e. The number of aryl methyl sites for hydroxylation is 1. The summed E-state index contributed by atoms with van der Waals surface area (Å²) in [6.45, 7) is 2.47. The molecule has 1 aliphatic heterocycles. The quantitative estimate of drug-likeness (QED) is 0.744. The van der Waals surface area contributed by atoms with Gasteiger partial charge in [0.1, 0.15) is 24.7 Å². The highest BCUT2D eigenvalue weighted by atomic mass is 32.2. The lowest BCUT2D eigenvalue weighted by atomic mass is 10.2. The van der Waals surface area contributed by atoms with Crippen molar-refractivity contribution >= 4 is 21.8 Å². The van der Waals surface area contributed by atoms with Gasteiger partial charge in [-0.1, -0.05) is 24.3 Å². The van der Waals surface area contributed by atoms with Crippen molar-refractivity contribution < 1.29 is 17.9 Å². The van der Waals surface area contributed by atoms with E-state index in [9.17, 15) is 13.2 Å². The van der Waals surface area contributed by atoms with Crippen LogP contribution in [0.15, 0.2) is 58.4 Å². The highest BCUT2D eigenvalue weighted by molar-refractivity contribution is 7.90. The fourth-order valence-corrected chi connectivity index (χ4v) is 3.77. The number of nitrogens with zero attached hydrogens (tertiary/aromatic N) is 1. The van der Waals surface area contributed by atoms with Gasteiger partial charge in [0.15, 0.2) is 0 Å². The Morgan fingerprint density at radius 1 is 1.19 bits per heavy atom. The number of benzene rings is 2. The highest BCUT2D eigenvalue weighted by Crippen LogP contribution is 2.21. The molecule has 0 unspecified atom stereocenters. The van der Waals surface area contributed by atoms with Crippen LogP contribution in [0.25, 0.3) is 0 Å². The van der Waals surface area contributed by atoms with E-state index in [0.29, 0.717) is 18.7 Å². The summed E-state index contributed by atoms with van der Waals surface area (Å²) in [5.41, 5.74) is 1.57. The Kier molecular flexibility index (Phi) is 5.22. The van der Waals surface area contributed by atoms with Gasteiger partial charge < -0.3 is 10.1 Å². The lowest BCUT2D eigenvalue weighted by molar-refractivity contribution is -0.119. The van der Waals surface area contributed by atoms with E-state index in [1.807, 2.05) is 31.2 Å². The van der Waals surface area contributed by atoms with Crippen molar-refractivity contribution in [3.8, 4) is 5.75 Å². The number of nitrogens with one attached hydrogen (secondary N) is 2. The van der Waals surface area contributed by atoms with Gasteiger partial charge in [0.2, 0.25) is 5.91 Å². The number of amides is 1. The molecule has 1 amide bonds. The fraction of sp³-hybridized carbons (Fsp3) is 0.222. The number of ether oxygens (including phenoxy) is 1. The minimum absolute atomic E-state index is 0.170. The molecule has 2 aromatic rings. The van der Waals surface area contributed by atoms with Gasteiger partial charge in [0.05, 0.1) is 11.4 Å². The van der Waals surface area contributed by atoms with Crippen LogP contribution in [0.3, 0.4) is 0 Å². The van der Waals surface area contributed by atoms with Crippen molar-refractivity contribution in [1.82, 2.24) is 10.0 Å². The standard InChI is InChI=1S/C18H19N3O4S/c1-13-5-4-6-14(11-13)25-10-9-19-17(22)12-20-18-15-7-2-3-8-16(15)26(23,24)21-18/h2-8,11H,9-10,12H2,1H3,(H,19,22)(H,20,21). The number of hydrogen-bond acceptors (Lipinski definition) is 5. The molecule has 0 aromatic heterocycles. The SMILES string of the molecule is Cc1cccc(OCCNC(=O)CN=C2NS(=O)(=O)c3ccccc32)c1. The smallest absolute Gasteiger partial charge is 0.263 e. The average molecular weight is 373 g/mol. The Balaban J connectivity index is 1.49. The normalized spacial score (nSPS) is 16.0. The molecular formula is C18H19N3O4S. The van der Waals surface area contributed by atoms with Gasteiger partial charge in [0.25, 0.3) is 10.0 Å². The first-order valence-electron chi connectivity index (χ1n) is 8.08. The van der Waals surface area contributed by atoms with Gasteiger partial charge in [0, 0.05) is 5.56 Å². The van der Waals surface area contributed by atoms with Crippen molar-refractivity contribution in [3.05, 3.63) is 59.7 Å². The molecule has 0 bridgehead atoms. The molecule has 2 aromatic carbocycles. The molecule has 0 saturated heterocycles. The van der Waals surface area contributed by atoms with Crippen LogP contribution in [-0.2, 0) is 14.8 Å². The molecule has 0 fully saturated rings. The second-order valence-electron chi connectivity index (χ2n) is 5.78. The molecule has 0 atom stereocenters. The Morgan fingerprint density at radius 2 is 2.00 bits per heavy atom. The molecule has 7 nitrogen and oxygen atoms in total. The average Bonchev–Trinajstić information content (AvgIpc) is 2.88. The lowest BCUT2D eigenvalue weighted by Crippen LogP contribution is -2.31. The van der Waals surface area contributed by atoms with Crippen LogP contribution in [0.2, 0.25) is 0 Å². The van der Waals surface area contributed by atoms with E-state index in [4.69, 9.17) is 4.74 Å². The number of aliphatic imine (C=N–C) groups is 1. The fourth-order valence-electron chi connectivity index (χ4n) is 2.52. The summed E-state index contributed by atoms with van der Waals surface area (Å²) >= 11 is 0. The second kappa shape index (κ2) is 7.57. The summed E-state index contributed by atoms with van der Waals surface area (Å²) in [5, 5.41) is 2.69. The van der Waals surface area contributed by atoms with Crippen LogP contribution in [0, 0.1) is 6.92 Å². The summed E-state index contributed by atoms with van der Waals surface area (Å²) in [5.74, 6) is 0.622. The molecule has 26 heavy (non-hydrogen) atoms. The molecule has 136 valence electrons. The van der Waals surface area contributed by atoms with Crippen LogP contribution in [0.5, 0.6) is 5.75 Å². The predicted molar refractivity (Wildman–Crippen MR) is 97.9 cm³/mol. The first-order valence-corrected chi connectivity index (χ1v) is 9.57.